The number of nitrogens with zero attached hydrogens (tertiary/aromatic N) is 5. The molecule has 0 bridgehead atoms. The third-order valence-electron chi connectivity index (χ3n) is 5.38. The first-order valence-corrected chi connectivity index (χ1v) is 11.9. The zero-order chi connectivity index (χ0) is 23.0. The van der Waals surface area contributed by atoms with Crippen molar-refractivity contribution in [1.82, 2.24) is 24.8 Å². The summed E-state index contributed by atoms with van der Waals surface area (Å²) in [5.74, 6) is 2.05. The highest BCUT2D eigenvalue weighted by Gasteiger charge is 2.15. The van der Waals surface area contributed by atoms with Gasteiger partial charge in [0.2, 0.25) is 5.91 Å². The summed E-state index contributed by atoms with van der Waals surface area (Å²) in [6.07, 6.45) is 1.54. The molecule has 4 aromatic rings. The number of aromatic nitrogens is 4. The van der Waals surface area contributed by atoms with Crippen LogP contribution < -0.4 is 0 Å². The average molecular weight is 462 g/mol. The number of hydrogen-bond donors (Lipinski definition) is 0. The molecular formula is C25H27N5O2S. The van der Waals surface area contributed by atoms with Crippen molar-refractivity contribution in [1.29, 1.82) is 0 Å². The van der Waals surface area contributed by atoms with Crippen LogP contribution in [0, 0.1) is 6.92 Å². The molecule has 0 atom stereocenters. The fraction of sp³-hybridized carbons (Fsp3) is 0.280. The van der Waals surface area contributed by atoms with Gasteiger partial charge in [0.1, 0.15) is 17.3 Å². The predicted octanol–water partition coefficient (Wildman–Crippen LogP) is 4.47. The molecule has 0 aliphatic rings. The third-order valence-corrected chi connectivity index (χ3v) is 6.33. The number of aryl methyl sites for hydroxylation is 2. The van der Waals surface area contributed by atoms with E-state index in [2.05, 4.69) is 27.5 Å². The molecule has 0 spiro atoms. The number of benzene rings is 2. The Kier molecular flexibility index (Phi) is 7.57. The molecule has 0 aliphatic carbocycles. The van der Waals surface area contributed by atoms with Crippen LogP contribution in [0.15, 0.2) is 76.4 Å². The lowest BCUT2D eigenvalue weighted by Gasteiger charge is -2.16. The Labute approximate surface area is 197 Å². The van der Waals surface area contributed by atoms with Gasteiger partial charge in [-0.05, 0) is 18.9 Å². The van der Waals surface area contributed by atoms with E-state index in [1.54, 1.807) is 4.90 Å². The van der Waals surface area contributed by atoms with Crippen molar-refractivity contribution >= 4 is 17.7 Å². The molecule has 0 fully saturated rings. The van der Waals surface area contributed by atoms with E-state index in [1.165, 1.54) is 17.3 Å². The van der Waals surface area contributed by atoms with E-state index < -0.39 is 0 Å². The second-order valence-electron chi connectivity index (χ2n) is 7.85. The highest BCUT2D eigenvalue weighted by Crippen LogP contribution is 2.20. The number of amides is 1. The van der Waals surface area contributed by atoms with Crippen LogP contribution in [0.4, 0.5) is 0 Å². The van der Waals surface area contributed by atoms with Gasteiger partial charge in [-0.2, -0.15) is 0 Å². The summed E-state index contributed by atoms with van der Waals surface area (Å²) < 4.78 is 7.50. The lowest BCUT2D eigenvalue weighted by Crippen LogP contribution is -2.29. The van der Waals surface area contributed by atoms with Crippen molar-refractivity contribution in [3.8, 4) is 11.3 Å². The SMILES string of the molecule is Cc1nnc(SCC(=O)N(C)CCCc2cc(-c3ccccc3)no2)n1Cc1ccccc1. The molecule has 1 amide bonds. The van der Waals surface area contributed by atoms with E-state index in [9.17, 15) is 4.79 Å². The first-order chi connectivity index (χ1) is 16.1. The molecular weight excluding hydrogens is 434 g/mol. The highest BCUT2D eigenvalue weighted by atomic mass is 32.2. The van der Waals surface area contributed by atoms with Crippen molar-refractivity contribution in [2.45, 2.75) is 31.5 Å². The Morgan fingerprint density at radius 2 is 1.79 bits per heavy atom. The van der Waals surface area contributed by atoms with Gasteiger partial charge in [0.05, 0.1) is 12.3 Å². The maximum Gasteiger partial charge on any atom is 0.232 e. The summed E-state index contributed by atoms with van der Waals surface area (Å²) in [4.78, 5) is 14.4. The zero-order valence-corrected chi connectivity index (χ0v) is 19.7. The highest BCUT2D eigenvalue weighted by molar-refractivity contribution is 7.99. The minimum Gasteiger partial charge on any atom is -0.361 e. The number of hydrogen-bond acceptors (Lipinski definition) is 6. The predicted molar refractivity (Wildman–Crippen MR) is 129 cm³/mol. The summed E-state index contributed by atoms with van der Waals surface area (Å²) in [7, 11) is 1.83. The molecule has 2 aromatic carbocycles. The molecule has 0 N–H and O–H groups in total. The van der Waals surface area contributed by atoms with Crippen LogP contribution in [0.5, 0.6) is 0 Å². The zero-order valence-electron chi connectivity index (χ0n) is 18.8. The fourth-order valence-electron chi connectivity index (χ4n) is 3.44. The van der Waals surface area contributed by atoms with E-state index in [-0.39, 0.29) is 5.91 Å². The van der Waals surface area contributed by atoms with E-state index in [0.717, 1.165) is 40.8 Å². The minimum absolute atomic E-state index is 0.0643. The minimum atomic E-state index is 0.0643. The molecule has 0 saturated carbocycles. The first-order valence-electron chi connectivity index (χ1n) is 10.9. The van der Waals surface area contributed by atoms with Crippen LogP contribution in [0.1, 0.15) is 23.6 Å². The molecule has 2 heterocycles. The van der Waals surface area contributed by atoms with Crippen molar-refractivity contribution in [3.05, 3.63) is 83.9 Å². The molecule has 0 unspecified atom stereocenters. The van der Waals surface area contributed by atoms with E-state index >= 15 is 0 Å². The van der Waals surface area contributed by atoms with Gasteiger partial charge in [-0.1, -0.05) is 77.6 Å². The molecule has 0 radical (unpaired) electrons. The summed E-state index contributed by atoms with van der Waals surface area (Å²) in [5.41, 5.74) is 3.04. The van der Waals surface area contributed by atoms with Crippen LogP contribution >= 0.6 is 11.8 Å². The van der Waals surface area contributed by atoms with Gasteiger partial charge < -0.3 is 14.0 Å². The molecule has 33 heavy (non-hydrogen) atoms. The van der Waals surface area contributed by atoms with Crippen molar-refractivity contribution in [2.24, 2.45) is 0 Å². The molecule has 0 aliphatic heterocycles. The number of thioether (sulfide) groups is 1. The summed E-state index contributed by atoms with van der Waals surface area (Å²) in [6, 6.07) is 22.1. The maximum absolute atomic E-state index is 12.6. The van der Waals surface area contributed by atoms with Gasteiger partial charge in [-0.15, -0.1) is 10.2 Å². The number of rotatable bonds is 10. The second-order valence-corrected chi connectivity index (χ2v) is 8.80. The van der Waals surface area contributed by atoms with E-state index in [4.69, 9.17) is 4.52 Å². The van der Waals surface area contributed by atoms with Crippen molar-refractivity contribution in [2.75, 3.05) is 19.3 Å². The Hall–Kier alpha value is -3.39. The largest absolute Gasteiger partial charge is 0.361 e. The van der Waals surface area contributed by atoms with Crippen molar-refractivity contribution in [3.63, 3.8) is 0 Å². The topological polar surface area (TPSA) is 77.1 Å². The van der Waals surface area contributed by atoms with Crippen LogP contribution in [0.2, 0.25) is 0 Å². The molecule has 170 valence electrons. The van der Waals surface area contributed by atoms with Crippen molar-refractivity contribution < 1.29 is 9.32 Å². The lowest BCUT2D eigenvalue weighted by molar-refractivity contribution is -0.127. The van der Waals surface area contributed by atoms with Gasteiger partial charge in [0, 0.05) is 31.6 Å². The number of carbonyl (C=O) groups is 1. The fourth-order valence-corrected chi connectivity index (χ4v) is 4.37. The van der Waals surface area contributed by atoms with Crippen LogP contribution in [0.3, 0.4) is 0 Å². The standard InChI is InChI=1S/C25H27N5O2S/c1-19-26-27-25(30(19)17-20-10-5-3-6-11-20)33-18-24(31)29(2)15-9-14-22-16-23(28-32-22)21-12-7-4-8-13-21/h3-8,10-13,16H,9,14-15,17-18H2,1-2H3. The first kappa shape index (κ1) is 22.8. The second kappa shape index (κ2) is 11.0. The Bertz CT molecular complexity index is 1170. The normalized spacial score (nSPS) is 11.0. The Morgan fingerprint density at radius 3 is 2.55 bits per heavy atom. The van der Waals surface area contributed by atoms with Crippen LogP contribution in [-0.4, -0.2) is 50.1 Å². The Balaban J connectivity index is 1.24. The molecule has 8 heteroatoms. The summed E-state index contributed by atoms with van der Waals surface area (Å²) in [6.45, 7) is 3.27. The Morgan fingerprint density at radius 1 is 1.06 bits per heavy atom. The summed E-state index contributed by atoms with van der Waals surface area (Å²) >= 11 is 1.42. The van der Waals surface area contributed by atoms with Gasteiger partial charge >= 0.3 is 0 Å². The summed E-state index contributed by atoms with van der Waals surface area (Å²) in [5, 5.41) is 13.4. The smallest absolute Gasteiger partial charge is 0.232 e. The quantitative estimate of drug-likeness (QED) is 0.324. The lowest BCUT2D eigenvalue weighted by atomic mass is 10.1. The average Bonchev–Trinajstić information content (AvgIpc) is 3.46. The van der Waals surface area contributed by atoms with E-state index in [1.807, 2.05) is 73.1 Å². The third kappa shape index (κ3) is 6.10. The molecule has 0 saturated heterocycles. The molecule has 4 rings (SSSR count). The van der Waals surface area contributed by atoms with Gasteiger partial charge in [-0.3, -0.25) is 4.79 Å². The number of carbonyl (C=O) groups excluding carboxylic acids is 1. The monoisotopic (exact) mass is 461 g/mol. The van der Waals surface area contributed by atoms with E-state index in [0.29, 0.717) is 18.8 Å². The van der Waals surface area contributed by atoms with Gasteiger partial charge in [-0.25, -0.2) is 0 Å². The van der Waals surface area contributed by atoms with Gasteiger partial charge in [0.25, 0.3) is 0 Å². The molecule has 2 aromatic heterocycles. The van der Waals surface area contributed by atoms with Crippen LogP contribution in [-0.2, 0) is 17.8 Å². The molecule has 7 nitrogen and oxygen atoms in total. The maximum atomic E-state index is 12.6. The van der Waals surface area contributed by atoms with Gasteiger partial charge in [0.15, 0.2) is 5.16 Å². The van der Waals surface area contributed by atoms with Crippen LogP contribution in [0.25, 0.3) is 11.3 Å².